The lowest BCUT2D eigenvalue weighted by molar-refractivity contribution is 0.465. The van der Waals surface area contributed by atoms with E-state index in [0.29, 0.717) is 5.82 Å². The van der Waals surface area contributed by atoms with Gasteiger partial charge in [-0.2, -0.15) is 0 Å². The van der Waals surface area contributed by atoms with Crippen molar-refractivity contribution in [3.8, 4) is 22.7 Å². The van der Waals surface area contributed by atoms with E-state index in [4.69, 9.17) is 0 Å². The summed E-state index contributed by atoms with van der Waals surface area (Å²) in [6.07, 6.45) is 4.64. The first-order valence-electron chi connectivity index (χ1n) is 6.18. The zero-order valence-electron chi connectivity index (χ0n) is 10.6. The van der Waals surface area contributed by atoms with Crippen LogP contribution < -0.4 is 5.43 Å². The van der Waals surface area contributed by atoms with Crippen LogP contribution in [0.5, 0.6) is 5.75 Å². The van der Waals surface area contributed by atoms with Gasteiger partial charge in [0.05, 0.1) is 6.20 Å². The van der Waals surface area contributed by atoms with Gasteiger partial charge in [0.15, 0.2) is 5.75 Å². The molecule has 0 fully saturated rings. The molecule has 2 heterocycles. The molecule has 4 heteroatoms. The third-order valence-corrected chi connectivity index (χ3v) is 3.02. The minimum atomic E-state index is -0.404. The maximum absolute atomic E-state index is 11.3. The second-order valence-corrected chi connectivity index (χ2v) is 4.34. The van der Waals surface area contributed by atoms with Crippen molar-refractivity contribution in [2.24, 2.45) is 0 Å². The number of hydrogen-bond acceptors (Lipinski definition) is 3. The average molecular weight is 264 g/mol. The molecule has 0 bridgehead atoms. The Hall–Kier alpha value is -2.88. The first-order valence-corrected chi connectivity index (χ1v) is 6.18. The Balaban J connectivity index is 2.20. The fourth-order valence-corrected chi connectivity index (χ4v) is 2.05. The zero-order chi connectivity index (χ0) is 13.9. The highest BCUT2D eigenvalue weighted by Gasteiger charge is 2.08. The van der Waals surface area contributed by atoms with Crippen LogP contribution in [0.1, 0.15) is 0 Å². The third-order valence-electron chi connectivity index (χ3n) is 3.02. The van der Waals surface area contributed by atoms with Crippen LogP contribution in [0.3, 0.4) is 0 Å². The van der Waals surface area contributed by atoms with E-state index >= 15 is 0 Å². The first-order chi connectivity index (χ1) is 9.75. The Labute approximate surface area is 115 Å². The van der Waals surface area contributed by atoms with Gasteiger partial charge < -0.3 is 9.67 Å². The van der Waals surface area contributed by atoms with Crippen LogP contribution in [-0.4, -0.2) is 14.7 Å². The monoisotopic (exact) mass is 264 g/mol. The number of aromatic nitrogens is 2. The quantitative estimate of drug-likeness (QED) is 0.774. The van der Waals surface area contributed by atoms with Gasteiger partial charge in [-0.05, 0) is 17.7 Å². The van der Waals surface area contributed by atoms with Crippen LogP contribution in [-0.2, 0) is 0 Å². The SMILES string of the molecule is O=c1ccn(-c2ncccc2-c2ccccc2)cc1O. The zero-order valence-corrected chi connectivity index (χ0v) is 10.6. The molecule has 0 aliphatic heterocycles. The Bertz CT molecular complexity index is 795. The first kappa shape index (κ1) is 12.2. The van der Waals surface area contributed by atoms with Gasteiger partial charge in [-0.1, -0.05) is 30.3 Å². The van der Waals surface area contributed by atoms with E-state index in [0.717, 1.165) is 11.1 Å². The summed E-state index contributed by atoms with van der Waals surface area (Å²) in [6, 6.07) is 15.0. The van der Waals surface area contributed by atoms with E-state index < -0.39 is 5.43 Å². The number of pyridine rings is 2. The van der Waals surface area contributed by atoms with Crippen molar-refractivity contribution in [2.45, 2.75) is 0 Å². The van der Waals surface area contributed by atoms with Gasteiger partial charge in [-0.15, -0.1) is 0 Å². The topological polar surface area (TPSA) is 55.1 Å². The lowest BCUT2D eigenvalue weighted by Gasteiger charge is -2.11. The molecule has 4 nitrogen and oxygen atoms in total. The highest BCUT2D eigenvalue weighted by molar-refractivity contribution is 5.70. The molecule has 20 heavy (non-hydrogen) atoms. The molecule has 3 rings (SSSR count). The number of benzene rings is 1. The van der Waals surface area contributed by atoms with Crippen molar-refractivity contribution in [3.05, 3.63) is 77.3 Å². The molecule has 2 aromatic heterocycles. The summed E-state index contributed by atoms with van der Waals surface area (Å²) in [5, 5.41) is 9.56. The number of hydrogen-bond donors (Lipinski definition) is 1. The Morgan fingerprint density at radius 1 is 1.00 bits per heavy atom. The van der Waals surface area contributed by atoms with Crippen molar-refractivity contribution >= 4 is 0 Å². The highest BCUT2D eigenvalue weighted by atomic mass is 16.3. The van der Waals surface area contributed by atoms with E-state index in [9.17, 15) is 9.90 Å². The van der Waals surface area contributed by atoms with E-state index in [1.165, 1.54) is 12.3 Å². The molecule has 1 aromatic carbocycles. The van der Waals surface area contributed by atoms with Gasteiger partial charge in [-0.3, -0.25) is 4.79 Å². The summed E-state index contributed by atoms with van der Waals surface area (Å²) < 4.78 is 1.64. The van der Waals surface area contributed by atoms with Gasteiger partial charge >= 0.3 is 0 Å². The lowest BCUT2D eigenvalue weighted by Crippen LogP contribution is -2.05. The molecule has 0 aliphatic carbocycles. The summed E-state index contributed by atoms with van der Waals surface area (Å²) in [5.74, 6) is 0.367. The lowest BCUT2D eigenvalue weighted by atomic mass is 10.1. The molecular weight excluding hydrogens is 252 g/mol. The normalized spacial score (nSPS) is 10.4. The molecule has 0 saturated heterocycles. The van der Waals surface area contributed by atoms with E-state index in [1.807, 2.05) is 42.5 Å². The third kappa shape index (κ3) is 2.19. The van der Waals surface area contributed by atoms with Gasteiger partial charge in [0, 0.05) is 24.0 Å². The van der Waals surface area contributed by atoms with Crippen molar-refractivity contribution < 1.29 is 5.11 Å². The van der Waals surface area contributed by atoms with Gasteiger partial charge in [-0.25, -0.2) is 4.98 Å². The van der Waals surface area contributed by atoms with E-state index in [2.05, 4.69) is 4.98 Å². The average Bonchev–Trinajstić information content (AvgIpc) is 2.51. The summed E-state index contributed by atoms with van der Waals surface area (Å²) >= 11 is 0. The second-order valence-electron chi connectivity index (χ2n) is 4.34. The van der Waals surface area contributed by atoms with Crippen LogP contribution in [0, 0.1) is 0 Å². The number of nitrogens with zero attached hydrogens (tertiary/aromatic N) is 2. The number of aromatic hydroxyl groups is 1. The molecule has 0 saturated carbocycles. The molecule has 0 aliphatic rings. The van der Waals surface area contributed by atoms with Crippen molar-refractivity contribution in [3.63, 3.8) is 0 Å². The summed E-state index contributed by atoms with van der Waals surface area (Å²) in [5.41, 5.74) is 1.54. The Morgan fingerprint density at radius 2 is 1.80 bits per heavy atom. The van der Waals surface area contributed by atoms with Crippen LogP contribution in [0.15, 0.2) is 71.9 Å². The summed E-state index contributed by atoms with van der Waals surface area (Å²) in [7, 11) is 0. The van der Waals surface area contributed by atoms with Crippen LogP contribution in [0.2, 0.25) is 0 Å². The highest BCUT2D eigenvalue weighted by Crippen LogP contribution is 2.24. The van der Waals surface area contributed by atoms with Crippen molar-refractivity contribution in [1.29, 1.82) is 0 Å². The van der Waals surface area contributed by atoms with E-state index in [-0.39, 0.29) is 5.75 Å². The molecular formula is C16H12N2O2. The Morgan fingerprint density at radius 3 is 2.55 bits per heavy atom. The predicted octanol–water partition coefficient (Wildman–Crippen LogP) is 2.61. The molecule has 3 aromatic rings. The van der Waals surface area contributed by atoms with Crippen molar-refractivity contribution in [1.82, 2.24) is 9.55 Å². The molecule has 0 atom stereocenters. The molecule has 0 spiro atoms. The molecule has 1 N–H and O–H groups in total. The maximum Gasteiger partial charge on any atom is 0.223 e. The number of rotatable bonds is 2. The van der Waals surface area contributed by atoms with Gasteiger partial charge in [0.2, 0.25) is 5.43 Å². The van der Waals surface area contributed by atoms with E-state index in [1.54, 1.807) is 17.0 Å². The van der Waals surface area contributed by atoms with Gasteiger partial charge in [0.1, 0.15) is 5.82 Å². The largest absolute Gasteiger partial charge is 0.503 e. The Kier molecular flexibility index (Phi) is 3.05. The molecule has 98 valence electrons. The van der Waals surface area contributed by atoms with Gasteiger partial charge in [0.25, 0.3) is 0 Å². The van der Waals surface area contributed by atoms with Crippen LogP contribution in [0.4, 0.5) is 0 Å². The molecule has 0 amide bonds. The smallest absolute Gasteiger partial charge is 0.223 e. The summed E-state index contributed by atoms with van der Waals surface area (Å²) in [4.78, 5) is 15.6. The van der Waals surface area contributed by atoms with Crippen LogP contribution in [0.25, 0.3) is 16.9 Å². The fourth-order valence-electron chi connectivity index (χ4n) is 2.05. The molecule has 0 radical (unpaired) electrons. The molecule has 0 unspecified atom stereocenters. The fraction of sp³-hybridized carbons (Fsp3) is 0. The maximum atomic E-state index is 11.3. The minimum Gasteiger partial charge on any atom is -0.503 e. The second kappa shape index (κ2) is 5.01. The van der Waals surface area contributed by atoms with Crippen LogP contribution >= 0.6 is 0 Å². The predicted molar refractivity (Wildman–Crippen MR) is 76.9 cm³/mol. The standard InChI is InChI=1S/C16H12N2O2/c19-14-8-10-18(11-15(14)20)16-13(7-4-9-17-16)12-5-2-1-3-6-12/h1-11,20H. The van der Waals surface area contributed by atoms with Crippen molar-refractivity contribution in [2.75, 3.05) is 0 Å². The summed E-state index contributed by atoms with van der Waals surface area (Å²) in [6.45, 7) is 0. The minimum absolute atomic E-state index is 0.294.